The molecule has 1 N–H and O–H groups in total. The van der Waals surface area contributed by atoms with Gasteiger partial charge in [-0.15, -0.1) is 0 Å². The molecule has 0 unspecified atom stereocenters. The summed E-state index contributed by atoms with van der Waals surface area (Å²) >= 11 is 0. The van der Waals surface area contributed by atoms with E-state index in [1.54, 1.807) is 12.0 Å². The molecule has 1 aromatic carbocycles. The highest BCUT2D eigenvalue weighted by molar-refractivity contribution is 5.89. The lowest BCUT2D eigenvalue weighted by Crippen LogP contribution is -2.47. The number of alkyl halides is 3. The van der Waals surface area contributed by atoms with Crippen LogP contribution >= 0.6 is 0 Å². The summed E-state index contributed by atoms with van der Waals surface area (Å²) in [5.74, 6) is -0.568. The molecule has 1 saturated heterocycles. The van der Waals surface area contributed by atoms with Crippen LogP contribution in [0.1, 0.15) is 36.8 Å². The van der Waals surface area contributed by atoms with E-state index >= 15 is 0 Å². The van der Waals surface area contributed by atoms with Gasteiger partial charge in [0.15, 0.2) is 0 Å². The molecule has 2 heterocycles. The normalized spacial score (nSPS) is 25.3. The van der Waals surface area contributed by atoms with Gasteiger partial charge in [-0.3, -0.25) is 0 Å². The Labute approximate surface area is 226 Å². The number of urea groups is 1. The zero-order chi connectivity index (χ0) is 27.8. The second kappa shape index (κ2) is 10.9. The molecule has 3 fully saturated rings. The monoisotopic (exact) mass is 549 g/mol. The minimum absolute atomic E-state index is 0.0397. The van der Waals surface area contributed by atoms with Crippen molar-refractivity contribution in [2.45, 2.75) is 43.3 Å². The highest BCUT2D eigenvalue weighted by atomic mass is 19.4. The van der Waals surface area contributed by atoms with Crippen molar-refractivity contribution >= 4 is 11.7 Å². The molecule has 39 heavy (non-hydrogen) atoms. The van der Waals surface area contributed by atoms with E-state index in [4.69, 9.17) is 4.74 Å². The van der Waals surface area contributed by atoms with E-state index in [-0.39, 0.29) is 23.1 Å². The fraction of sp³-hybridized carbons (Fsp3) is 0.571. The number of carbonyl (C=O) groups excluding carboxylic acids is 1. The Hall–Kier alpha value is -2.92. The molecule has 5 rings (SSSR count). The lowest BCUT2D eigenvalue weighted by molar-refractivity contribution is -0.139. The average molecular weight is 550 g/mol. The van der Waals surface area contributed by atoms with Crippen LogP contribution in [0.25, 0.3) is 0 Å². The van der Waals surface area contributed by atoms with Gasteiger partial charge in [0.1, 0.15) is 5.82 Å². The van der Waals surface area contributed by atoms with Gasteiger partial charge in [-0.05, 0) is 69.0 Å². The standard InChI is InChI=1S/C28H35F4N5O2/c1-35-12-14-36(15-13-35)10-3-11-37(26(38)34-20-5-6-23(29)21(16-20)28(30,31)32)24-8-9-27(17-22(24)27)19-4-7-25(39-2)33-18-19/h4-7,16,18,22,24H,3,8-15,17H2,1-2H3,(H,34,38)/t22-,24-,27-/m1/s1. The second-order valence-corrected chi connectivity index (χ2v) is 11.0. The van der Waals surface area contributed by atoms with Crippen LogP contribution < -0.4 is 10.1 Å². The summed E-state index contributed by atoms with van der Waals surface area (Å²) in [6.45, 7) is 5.27. The van der Waals surface area contributed by atoms with Crippen LogP contribution in [-0.4, -0.2) is 85.2 Å². The molecule has 7 nitrogen and oxygen atoms in total. The molecule has 212 valence electrons. The molecule has 1 aromatic heterocycles. The number of methoxy groups -OCH3 is 1. The predicted molar refractivity (Wildman–Crippen MR) is 139 cm³/mol. The summed E-state index contributed by atoms with van der Waals surface area (Å²) in [5, 5.41) is 2.63. The highest BCUT2D eigenvalue weighted by Crippen LogP contribution is 2.65. The van der Waals surface area contributed by atoms with Crippen molar-refractivity contribution in [3.8, 4) is 5.88 Å². The van der Waals surface area contributed by atoms with E-state index < -0.39 is 23.6 Å². The number of rotatable bonds is 8. The van der Waals surface area contributed by atoms with Crippen LogP contribution in [0.3, 0.4) is 0 Å². The number of nitrogens with zero attached hydrogens (tertiary/aromatic N) is 4. The molecule has 2 saturated carbocycles. The summed E-state index contributed by atoms with van der Waals surface area (Å²) < 4.78 is 58.8. The van der Waals surface area contributed by atoms with Gasteiger partial charge in [0, 0.05) is 62.1 Å². The van der Waals surface area contributed by atoms with Gasteiger partial charge in [-0.1, -0.05) is 6.07 Å². The summed E-state index contributed by atoms with van der Waals surface area (Å²) in [7, 11) is 3.67. The SMILES string of the molecule is COc1ccc([C@]23CC[C@@H](N(CCCN4CCN(C)CC4)C(=O)Nc4ccc(F)c(C(F)(F)F)c4)[C@H]2C3)cn1. The number of amides is 2. The van der Waals surface area contributed by atoms with Gasteiger partial charge in [-0.25, -0.2) is 14.2 Å². The average Bonchev–Trinajstić information content (AvgIpc) is 3.54. The number of halogens is 4. The largest absolute Gasteiger partial charge is 0.481 e. The summed E-state index contributed by atoms with van der Waals surface area (Å²) in [5.41, 5.74) is -0.380. The van der Waals surface area contributed by atoms with Gasteiger partial charge in [0.2, 0.25) is 5.88 Å². The Balaban J connectivity index is 1.31. The number of hydrogen-bond donors (Lipinski definition) is 1. The molecule has 1 aliphatic heterocycles. The molecule has 0 radical (unpaired) electrons. The van der Waals surface area contributed by atoms with Crippen molar-refractivity contribution in [2.24, 2.45) is 5.92 Å². The van der Waals surface area contributed by atoms with Crippen molar-refractivity contribution in [2.75, 3.05) is 58.7 Å². The molecule has 2 amide bonds. The Kier molecular flexibility index (Phi) is 7.74. The lowest BCUT2D eigenvalue weighted by atomic mass is 9.95. The van der Waals surface area contributed by atoms with E-state index in [2.05, 4.69) is 27.1 Å². The van der Waals surface area contributed by atoms with Gasteiger partial charge >= 0.3 is 12.2 Å². The molecule has 11 heteroatoms. The summed E-state index contributed by atoms with van der Waals surface area (Å²) in [4.78, 5) is 24.4. The topological polar surface area (TPSA) is 60.9 Å². The molecule has 3 atom stereocenters. The Morgan fingerprint density at radius 1 is 1.21 bits per heavy atom. The van der Waals surface area contributed by atoms with E-state index in [1.807, 2.05) is 18.3 Å². The molecule has 2 aromatic rings. The molecular weight excluding hydrogens is 514 g/mol. The number of piperazine rings is 1. The van der Waals surface area contributed by atoms with Crippen molar-refractivity contribution < 1.29 is 27.1 Å². The molecule has 0 bridgehead atoms. The minimum Gasteiger partial charge on any atom is -0.481 e. The minimum atomic E-state index is -4.85. The van der Waals surface area contributed by atoms with Crippen LogP contribution in [0, 0.1) is 11.7 Å². The number of likely N-dealkylation sites (N-methyl/N-ethyl adjacent to an activating group) is 1. The summed E-state index contributed by atoms with van der Waals surface area (Å²) in [6.07, 6.45) is 0.398. The van der Waals surface area contributed by atoms with E-state index in [9.17, 15) is 22.4 Å². The summed E-state index contributed by atoms with van der Waals surface area (Å²) in [6, 6.07) is 5.96. The number of pyridine rings is 1. The van der Waals surface area contributed by atoms with Crippen LogP contribution in [0.15, 0.2) is 36.5 Å². The molecule has 2 aliphatic carbocycles. The van der Waals surface area contributed by atoms with Crippen LogP contribution in [0.4, 0.5) is 28.0 Å². The second-order valence-electron chi connectivity index (χ2n) is 11.0. The smallest absolute Gasteiger partial charge is 0.419 e. The fourth-order valence-electron chi connectivity index (χ4n) is 6.35. The number of benzene rings is 1. The van der Waals surface area contributed by atoms with Gasteiger partial charge in [-0.2, -0.15) is 13.2 Å². The fourth-order valence-corrected chi connectivity index (χ4v) is 6.35. The lowest BCUT2D eigenvalue weighted by Gasteiger charge is -2.34. The third-order valence-corrected chi connectivity index (χ3v) is 8.66. The van der Waals surface area contributed by atoms with E-state index in [1.165, 1.54) is 6.07 Å². The number of anilines is 1. The zero-order valence-corrected chi connectivity index (χ0v) is 22.3. The third-order valence-electron chi connectivity index (χ3n) is 8.66. The number of fused-ring (bicyclic) bond motifs is 1. The van der Waals surface area contributed by atoms with E-state index in [0.717, 1.165) is 70.0 Å². The number of carbonyl (C=O) groups is 1. The van der Waals surface area contributed by atoms with Crippen LogP contribution in [0.2, 0.25) is 0 Å². The number of ether oxygens (including phenoxy) is 1. The first kappa shape index (κ1) is 27.6. The number of aromatic nitrogens is 1. The van der Waals surface area contributed by atoms with Crippen LogP contribution in [0.5, 0.6) is 5.88 Å². The Morgan fingerprint density at radius 2 is 1.97 bits per heavy atom. The first-order valence-electron chi connectivity index (χ1n) is 13.5. The molecule has 3 aliphatic rings. The maximum absolute atomic E-state index is 13.8. The molecule has 0 spiro atoms. The maximum Gasteiger partial charge on any atom is 0.419 e. The Morgan fingerprint density at radius 3 is 2.62 bits per heavy atom. The third kappa shape index (κ3) is 5.84. The predicted octanol–water partition coefficient (Wildman–Crippen LogP) is 4.84. The maximum atomic E-state index is 13.8. The first-order valence-corrected chi connectivity index (χ1v) is 13.5. The van der Waals surface area contributed by atoms with E-state index in [0.29, 0.717) is 18.5 Å². The van der Waals surface area contributed by atoms with Crippen LogP contribution in [-0.2, 0) is 11.6 Å². The van der Waals surface area contributed by atoms with Gasteiger partial charge in [0.25, 0.3) is 0 Å². The van der Waals surface area contributed by atoms with Crippen molar-refractivity contribution in [3.05, 3.63) is 53.5 Å². The highest BCUT2D eigenvalue weighted by Gasteiger charge is 2.64. The quantitative estimate of drug-likeness (QED) is 0.478. The van der Waals surface area contributed by atoms with Gasteiger partial charge in [0.05, 0.1) is 12.7 Å². The Bertz CT molecular complexity index is 1170. The van der Waals surface area contributed by atoms with Crippen molar-refractivity contribution in [1.29, 1.82) is 0 Å². The molecular formula is C28H35F4N5O2. The zero-order valence-electron chi connectivity index (χ0n) is 22.3. The van der Waals surface area contributed by atoms with Crippen molar-refractivity contribution in [3.63, 3.8) is 0 Å². The number of hydrogen-bond acceptors (Lipinski definition) is 5. The first-order chi connectivity index (χ1) is 18.6. The van der Waals surface area contributed by atoms with Crippen molar-refractivity contribution in [1.82, 2.24) is 19.7 Å². The number of nitrogens with one attached hydrogen (secondary N) is 1. The van der Waals surface area contributed by atoms with Gasteiger partial charge < -0.3 is 24.8 Å².